The number of benzene rings is 2. The van der Waals surface area contributed by atoms with Crippen molar-refractivity contribution in [3.05, 3.63) is 65.2 Å². The largest absolute Gasteiger partial charge is 0.548 e. The van der Waals surface area contributed by atoms with Crippen molar-refractivity contribution in [2.24, 2.45) is 0 Å². The quantitative estimate of drug-likeness (QED) is 0.772. The van der Waals surface area contributed by atoms with Crippen molar-refractivity contribution in [3.8, 4) is 0 Å². The van der Waals surface area contributed by atoms with E-state index in [2.05, 4.69) is 5.32 Å². The molecule has 1 aliphatic heterocycles. The van der Waals surface area contributed by atoms with Crippen LogP contribution in [0.4, 0.5) is 5.69 Å². The van der Waals surface area contributed by atoms with Crippen molar-refractivity contribution < 1.29 is 24.3 Å². The average molecular weight is 365 g/mol. The third kappa shape index (κ3) is 3.72. The summed E-state index contributed by atoms with van der Waals surface area (Å²) in [5, 5.41) is 14.2. The zero-order valence-electron chi connectivity index (χ0n) is 14.6. The molecule has 0 radical (unpaired) electrons. The molecule has 0 unspecified atom stereocenters. The van der Waals surface area contributed by atoms with E-state index in [0.717, 1.165) is 5.56 Å². The Morgan fingerprint density at radius 2 is 1.56 bits per heavy atom. The highest BCUT2D eigenvalue weighted by Crippen LogP contribution is 2.26. The molecule has 0 fully saturated rings. The van der Waals surface area contributed by atoms with Crippen LogP contribution in [-0.2, 0) is 9.59 Å². The molecular formula is C20H17N2O5-. The summed E-state index contributed by atoms with van der Waals surface area (Å²) in [4.78, 5) is 49.2. The lowest BCUT2D eigenvalue weighted by Crippen LogP contribution is -2.50. The molecule has 7 nitrogen and oxygen atoms in total. The number of aryl methyl sites for hydroxylation is 1. The summed E-state index contributed by atoms with van der Waals surface area (Å²) in [5.41, 5.74) is 1.92. The van der Waals surface area contributed by atoms with Crippen LogP contribution in [0.5, 0.6) is 0 Å². The lowest BCUT2D eigenvalue weighted by molar-refractivity contribution is -0.310. The van der Waals surface area contributed by atoms with Gasteiger partial charge in [-0.3, -0.25) is 19.3 Å². The first-order valence-electron chi connectivity index (χ1n) is 8.43. The van der Waals surface area contributed by atoms with Gasteiger partial charge in [-0.1, -0.05) is 29.8 Å². The van der Waals surface area contributed by atoms with Crippen molar-refractivity contribution >= 4 is 29.4 Å². The number of rotatable bonds is 6. The van der Waals surface area contributed by atoms with Gasteiger partial charge in [0.05, 0.1) is 23.1 Å². The molecule has 0 spiro atoms. The molecule has 0 saturated carbocycles. The molecule has 1 aliphatic rings. The van der Waals surface area contributed by atoms with E-state index >= 15 is 0 Å². The van der Waals surface area contributed by atoms with Crippen molar-refractivity contribution in [3.63, 3.8) is 0 Å². The number of carbonyl (C=O) groups excluding carboxylic acids is 4. The number of imide groups is 1. The minimum Gasteiger partial charge on any atom is -0.548 e. The number of hydrogen-bond donors (Lipinski definition) is 1. The van der Waals surface area contributed by atoms with Gasteiger partial charge in [0.25, 0.3) is 11.8 Å². The molecule has 3 rings (SSSR count). The van der Waals surface area contributed by atoms with Gasteiger partial charge in [-0.05, 0) is 37.6 Å². The van der Waals surface area contributed by atoms with E-state index in [9.17, 15) is 24.3 Å². The first-order chi connectivity index (χ1) is 12.9. The molecule has 0 aliphatic carbocycles. The maximum absolute atomic E-state index is 12.4. The first kappa shape index (κ1) is 18.3. The minimum absolute atomic E-state index is 0.151. The van der Waals surface area contributed by atoms with E-state index in [4.69, 9.17) is 0 Å². The minimum atomic E-state index is -1.58. The lowest BCUT2D eigenvalue weighted by atomic mass is 10.1. The Labute approximate surface area is 155 Å². The van der Waals surface area contributed by atoms with Gasteiger partial charge < -0.3 is 15.2 Å². The highest BCUT2D eigenvalue weighted by molar-refractivity contribution is 6.22. The molecule has 1 N–H and O–H groups in total. The van der Waals surface area contributed by atoms with E-state index in [-0.39, 0.29) is 24.0 Å². The number of anilines is 1. The number of amides is 3. The molecule has 138 valence electrons. The van der Waals surface area contributed by atoms with Gasteiger partial charge in [-0.25, -0.2) is 0 Å². The Morgan fingerprint density at radius 3 is 2.07 bits per heavy atom. The lowest BCUT2D eigenvalue weighted by Gasteiger charge is -2.26. The fraction of sp³-hybridized carbons (Fsp3) is 0.200. The van der Waals surface area contributed by atoms with Crippen LogP contribution in [0.1, 0.15) is 39.1 Å². The van der Waals surface area contributed by atoms with E-state index in [0.29, 0.717) is 10.6 Å². The molecule has 27 heavy (non-hydrogen) atoms. The van der Waals surface area contributed by atoms with Gasteiger partial charge in [0.1, 0.15) is 0 Å². The van der Waals surface area contributed by atoms with Crippen LogP contribution in [0.2, 0.25) is 0 Å². The third-order valence-corrected chi connectivity index (χ3v) is 4.39. The molecule has 1 heterocycles. The smallest absolute Gasteiger partial charge is 0.262 e. The molecule has 2 aromatic rings. The molecular weight excluding hydrogens is 348 g/mol. The second-order valence-corrected chi connectivity index (χ2v) is 6.31. The summed E-state index contributed by atoms with van der Waals surface area (Å²) in [6.07, 6.45) is -0.411. The van der Waals surface area contributed by atoms with Crippen molar-refractivity contribution in [2.45, 2.75) is 25.8 Å². The highest BCUT2D eigenvalue weighted by atomic mass is 16.4. The Bertz CT molecular complexity index is 885. The zero-order chi connectivity index (χ0) is 19.6. The second kappa shape index (κ2) is 7.41. The first-order valence-corrected chi connectivity index (χ1v) is 8.43. The van der Waals surface area contributed by atoms with Crippen LogP contribution in [0.3, 0.4) is 0 Å². The molecule has 1 atom stereocenters. The summed E-state index contributed by atoms with van der Waals surface area (Å²) in [7, 11) is 0. The molecule has 0 aromatic heterocycles. The van der Waals surface area contributed by atoms with Crippen molar-refractivity contribution in [2.75, 3.05) is 5.32 Å². The van der Waals surface area contributed by atoms with E-state index in [1.807, 2.05) is 19.1 Å². The van der Waals surface area contributed by atoms with Crippen LogP contribution in [0.25, 0.3) is 0 Å². The third-order valence-electron chi connectivity index (χ3n) is 4.39. The van der Waals surface area contributed by atoms with Crippen LogP contribution < -0.4 is 10.4 Å². The van der Waals surface area contributed by atoms with Gasteiger partial charge >= 0.3 is 0 Å². The molecule has 0 bridgehead atoms. The summed E-state index contributed by atoms with van der Waals surface area (Å²) in [6.45, 7) is 1.91. The van der Waals surface area contributed by atoms with Gasteiger partial charge in [0.15, 0.2) is 0 Å². The molecule has 7 heteroatoms. The number of fused-ring (bicyclic) bond motifs is 1. The van der Waals surface area contributed by atoms with Gasteiger partial charge in [0.2, 0.25) is 5.91 Å². The standard InChI is InChI=1S/C20H18N2O5/c1-12-6-8-13(9-7-12)21-17(23)11-10-16(20(26)27)22-18(24)14-4-2-3-5-15(14)19(22)25/h2-9,16H,10-11H2,1H3,(H,21,23)(H,26,27)/p-1/t16-/m1/s1. The monoisotopic (exact) mass is 365 g/mol. The fourth-order valence-corrected chi connectivity index (χ4v) is 2.97. The van der Waals surface area contributed by atoms with Gasteiger partial charge in [-0.15, -0.1) is 0 Å². The normalized spacial score (nSPS) is 14.0. The number of nitrogens with one attached hydrogen (secondary N) is 1. The SMILES string of the molecule is Cc1ccc(NC(=O)CC[C@H](C(=O)[O-])N2C(=O)c3ccccc3C2=O)cc1. The number of carboxylic acids is 1. The van der Waals surface area contributed by atoms with E-state index in [1.54, 1.807) is 24.3 Å². The number of carboxylic acid groups (broad SMARTS) is 1. The van der Waals surface area contributed by atoms with E-state index in [1.165, 1.54) is 12.1 Å². The maximum Gasteiger partial charge on any atom is 0.262 e. The molecule has 2 aromatic carbocycles. The predicted molar refractivity (Wildman–Crippen MR) is 94.8 cm³/mol. The number of aliphatic carboxylic acids is 1. The Morgan fingerprint density at radius 1 is 1.00 bits per heavy atom. The Hall–Kier alpha value is -3.48. The maximum atomic E-state index is 12.4. The zero-order valence-corrected chi connectivity index (χ0v) is 14.6. The van der Waals surface area contributed by atoms with E-state index < -0.39 is 29.7 Å². The Kier molecular flexibility index (Phi) is 5.03. The topological polar surface area (TPSA) is 107 Å². The summed E-state index contributed by atoms with van der Waals surface area (Å²) < 4.78 is 0. The summed E-state index contributed by atoms with van der Waals surface area (Å²) >= 11 is 0. The number of carbonyl (C=O) groups is 4. The highest BCUT2D eigenvalue weighted by Gasteiger charge is 2.40. The number of nitrogens with zero attached hydrogens (tertiary/aromatic N) is 1. The van der Waals surface area contributed by atoms with Crippen LogP contribution in [0.15, 0.2) is 48.5 Å². The summed E-state index contributed by atoms with van der Waals surface area (Å²) in [6, 6.07) is 11.7. The fourth-order valence-electron chi connectivity index (χ4n) is 2.97. The molecule has 3 amide bonds. The van der Waals surface area contributed by atoms with Crippen LogP contribution in [0, 0.1) is 6.92 Å². The van der Waals surface area contributed by atoms with Crippen molar-refractivity contribution in [1.29, 1.82) is 0 Å². The van der Waals surface area contributed by atoms with Crippen molar-refractivity contribution in [1.82, 2.24) is 4.90 Å². The Balaban J connectivity index is 1.69. The van der Waals surface area contributed by atoms with Gasteiger partial charge in [-0.2, -0.15) is 0 Å². The van der Waals surface area contributed by atoms with Crippen LogP contribution >= 0.6 is 0 Å². The number of hydrogen-bond acceptors (Lipinski definition) is 5. The van der Waals surface area contributed by atoms with Crippen LogP contribution in [-0.4, -0.2) is 34.6 Å². The second-order valence-electron chi connectivity index (χ2n) is 6.31. The summed E-state index contributed by atoms with van der Waals surface area (Å²) in [5.74, 6) is -3.37. The average Bonchev–Trinajstić information content (AvgIpc) is 2.89. The van der Waals surface area contributed by atoms with Gasteiger partial charge in [0, 0.05) is 12.1 Å². The predicted octanol–water partition coefficient (Wildman–Crippen LogP) is 1.13. The molecule has 0 saturated heterocycles.